The summed E-state index contributed by atoms with van der Waals surface area (Å²) in [6, 6.07) is 3.71. The number of nitrogens with zero attached hydrogens (tertiary/aromatic N) is 1. The number of pyridine rings is 1. The minimum atomic E-state index is -0.283. The van der Waals surface area contributed by atoms with Crippen LogP contribution in [0.4, 0.5) is 4.39 Å². The van der Waals surface area contributed by atoms with Crippen LogP contribution in [0.25, 0.3) is 11.3 Å². The first-order valence-electron chi connectivity index (χ1n) is 5.36. The van der Waals surface area contributed by atoms with Crippen molar-refractivity contribution in [1.82, 2.24) is 15.3 Å². The number of H-pyrrole nitrogens is 1. The van der Waals surface area contributed by atoms with E-state index < -0.39 is 0 Å². The smallest absolute Gasteiger partial charge is 0.150 e. The third-order valence-corrected chi connectivity index (χ3v) is 2.92. The van der Waals surface area contributed by atoms with E-state index in [-0.39, 0.29) is 18.2 Å². The monoisotopic (exact) mass is 253 g/mol. The molecule has 0 unspecified atom stereocenters. The molecule has 0 amide bonds. The highest BCUT2D eigenvalue weighted by Gasteiger charge is 2.14. The zero-order valence-corrected chi connectivity index (χ0v) is 9.98. The van der Waals surface area contributed by atoms with Gasteiger partial charge in [-0.1, -0.05) is 0 Å². The highest BCUT2D eigenvalue weighted by molar-refractivity contribution is 5.85. The lowest BCUT2D eigenvalue weighted by Crippen LogP contribution is -2.22. The van der Waals surface area contributed by atoms with E-state index in [2.05, 4.69) is 15.3 Å². The van der Waals surface area contributed by atoms with Gasteiger partial charge in [0.25, 0.3) is 0 Å². The van der Waals surface area contributed by atoms with E-state index in [1.54, 1.807) is 12.3 Å². The normalized spacial score (nSPS) is 13.9. The molecule has 0 aliphatic carbocycles. The molecular formula is C12H13ClFN3. The van der Waals surface area contributed by atoms with Crippen molar-refractivity contribution in [2.24, 2.45) is 0 Å². The van der Waals surface area contributed by atoms with E-state index in [1.165, 1.54) is 17.5 Å². The van der Waals surface area contributed by atoms with Gasteiger partial charge >= 0.3 is 0 Å². The fourth-order valence-corrected chi connectivity index (χ4v) is 2.10. The Morgan fingerprint density at radius 3 is 3.00 bits per heavy atom. The van der Waals surface area contributed by atoms with Gasteiger partial charge in [0.15, 0.2) is 5.82 Å². The van der Waals surface area contributed by atoms with Gasteiger partial charge in [0.1, 0.15) is 0 Å². The van der Waals surface area contributed by atoms with Crippen LogP contribution in [-0.2, 0) is 13.0 Å². The minimum absolute atomic E-state index is 0. The van der Waals surface area contributed by atoms with E-state index >= 15 is 0 Å². The molecule has 3 rings (SSSR count). The quantitative estimate of drug-likeness (QED) is 0.819. The predicted octanol–water partition coefficient (Wildman–Crippen LogP) is 2.28. The number of nitrogens with one attached hydrogen (secondary N) is 2. The van der Waals surface area contributed by atoms with Crippen molar-refractivity contribution >= 4 is 12.4 Å². The highest BCUT2D eigenvalue weighted by atomic mass is 35.5. The fourth-order valence-electron chi connectivity index (χ4n) is 2.10. The highest BCUT2D eigenvalue weighted by Crippen LogP contribution is 2.25. The van der Waals surface area contributed by atoms with Crippen LogP contribution in [0.5, 0.6) is 0 Å². The van der Waals surface area contributed by atoms with E-state index in [9.17, 15) is 4.39 Å². The second-order valence-corrected chi connectivity index (χ2v) is 3.97. The number of fused-ring (bicyclic) bond motifs is 1. The molecule has 1 aliphatic heterocycles. The summed E-state index contributed by atoms with van der Waals surface area (Å²) in [6.45, 7) is 1.84. The number of aromatic nitrogens is 2. The molecule has 2 N–H and O–H groups in total. The van der Waals surface area contributed by atoms with Crippen molar-refractivity contribution in [1.29, 1.82) is 0 Å². The van der Waals surface area contributed by atoms with Crippen LogP contribution in [0.1, 0.15) is 11.3 Å². The zero-order valence-electron chi connectivity index (χ0n) is 9.16. The molecule has 1 aliphatic rings. The van der Waals surface area contributed by atoms with Crippen molar-refractivity contribution < 1.29 is 4.39 Å². The van der Waals surface area contributed by atoms with Gasteiger partial charge in [0.2, 0.25) is 0 Å². The lowest BCUT2D eigenvalue weighted by atomic mass is 10.1. The van der Waals surface area contributed by atoms with Crippen LogP contribution in [0.3, 0.4) is 0 Å². The largest absolute Gasteiger partial charge is 0.358 e. The summed E-state index contributed by atoms with van der Waals surface area (Å²) in [5.41, 5.74) is 3.88. The van der Waals surface area contributed by atoms with Crippen molar-refractivity contribution in [3.05, 3.63) is 41.6 Å². The molecular weight excluding hydrogens is 241 g/mol. The standard InChI is InChI=1S/C12H12FN3.ClH/c13-10-7-15-3-1-9(10)12-5-8-6-14-4-2-11(8)16-12;/h1,3,5,7,14,16H,2,4,6H2;1H. The summed E-state index contributed by atoms with van der Waals surface area (Å²) in [5, 5.41) is 3.29. The van der Waals surface area contributed by atoms with Crippen LogP contribution >= 0.6 is 12.4 Å². The maximum atomic E-state index is 13.5. The minimum Gasteiger partial charge on any atom is -0.358 e. The first kappa shape index (κ1) is 12.1. The number of halogens is 2. The summed E-state index contributed by atoms with van der Waals surface area (Å²) < 4.78 is 13.5. The van der Waals surface area contributed by atoms with Gasteiger partial charge in [0.05, 0.1) is 6.20 Å². The first-order valence-corrected chi connectivity index (χ1v) is 5.36. The second-order valence-electron chi connectivity index (χ2n) is 3.97. The number of rotatable bonds is 1. The van der Waals surface area contributed by atoms with Gasteiger partial charge in [-0.25, -0.2) is 4.39 Å². The molecule has 0 saturated carbocycles. The van der Waals surface area contributed by atoms with Crippen LogP contribution < -0.4 is 5.32 Å². The Kier molecular flexibility index (Phi) is 3.45. The predicted molar refractivity (Wildman–Crippen MR) is 66.6 cm³/mol. The van der Waals surface area contributed by atoms with Crippen LogP contribution in [0.15, 0.2) is 24.5 Å². The lowest BCUT2D eigenvalue weighted by molar-refractivity contribution is 0.624. The molecule has 5 heteroatoms. The number of hydrogen-bond acceptors (Lipinski definition) is 2. The van der Waals surface area contributed by atoms with Gasteiger partial charge in [0, 0.05) is 42.7 Å². The Morgan fingerprint density at radius 2 is 2.24 bits per heavy atom. The van der Waals surface area contributed by atoms with Crippen molar-refractivity contribution in [2.45, 2.75) is 13.0 Å². The molecule has 2 aromatic rings. The summed E-state index contributed by atoms with van der Waals surface area (Å²) in [4.78, 5) is 7.03. The van der Waals surface area contributed by atoms with E-state index in [4.69, 9.17) is 0 Å². The SMILES string of the molecule is Cl.Fc1cnccc1-c1cc2c([nH]1)CCNC2. The Hall–Kier alpha value is -1.39. The number of aromatic amines is 1. The summed E-state index contributed by atoms with van der Waals surface area (Å²) in [6.07, 6.45) is 3.83. The molecule has 0 aromatic carbocycles. The van der Waals surface area contributed by atoms with Crippen molar-refractivity contribution in [2.75, 3.05) is 6.54 Å². The van der Waals surface area contributed by atoms with E-state index in [0.29, 0.717) is 5.56 Å². The molecule has 0 bridgehead atoms. The molecule has 0 fully saturated rings. The second kappa shape index (κ2) is 4.85. The molecule has 90 valence electrons. The molecule has 3 heterocycles. The Labute approximate surface area is 105 Å². The third kappa shape index (κ3) is 2.18. The van der Waals surface area contributed by atoms with Gasteiger partial charge in [-0.3, -0.25) is 4.98 Å². The summed E-state index contributed by atoms with van der Waals surface area (Å²) >= 11 is 0. The molecule has 0 saturated heterocycles. The average molecular weight is 254 g/mol. The first-order chi connectivity index (χ1) is 7.84. The van der Waals surface area contributed by atoms with Crippen LogP contribution in [0, 0.1) is 5.82 Å². The van der Waals surface area contributed by atoms with Gasteiger partial charge < -0.3 is 10.3 Å². The maximum absolute atomic E-state index is 13.5. The molecule has 3 nitrogen and oxygen atoms in total. The van der Waals surface area contributed by atoms with Gasteiger partial charge in [-0.15, -0.1) is 12.4 Å². The van der Waals surface area contributed by atoms with Crippen LogP contribution in [-0.4, -0.2) is 16.5 Å². The maximum Gasteiger partial charge on any atom is 0.150 e. The van der Waals surface area contributed by atoms with Crippen LogP contribution in [0.2, 0.25) is 0 Å². The molecule has 0 atom stereocenters. The molecule has 17 heavy (non-hydrogen) atoms. The van der Waals surface area contributed by atoms with Crippen molar-refractivity contribution in [3.8, 4) is 11.3 Å². The van der Waals surface area contributed by atoms with E-state index in [1.807, 2.05) is 6.07 Å². The lowest BCUT2D eigenvalue weighted by Gasteiger charge is -2.11. The molecule has 2 aromatic heterocycles. The topological polar surface area (TPSA) is 40.7 Å². The van der Waals surface area contributed by atoms with E-state index in [0.717, 1.165) is 25.2 Å². The average Bonchev–Trinajstić information content (AvgIpc) is 2.73. The summed E-state index contributed by atoms with van der Waals surface area (Å²) in [7, 11) is 0. The van der Waals surface area contributed by atoms with Gasteiger partial charge in [-0.05, 0) is 17.7 Å². The molecule has 0 radical (unpaired) electrons. The number of hydrogen-bond donors (Lipinski definition) is 2. The van der Waals surface area contributed by atoms with Gasteiger partial charge in [-0.2, -0.15) is 0 Å². The zero-order chi connectivity index (χ0) is 11.0. The molecule has 0 spiro atoms. The Bertz CT molecular complexity index is 501. The fraction of sp³-hybridized carbons (Fsp3) is 0.250. The summed E-state index contributed by atoms with van der Waals surface area (Å²) in [5.74, 6) is -0.283. The van der Waals surface area contributed by atoms with Crippen molar-refractivity contribution in [3.63, 3.8) is 0 Å². The Balaban J connectivity index is 0.00000108. The third-order valence-electron chi connectivity index (χ3n) is 2.92. The Morgan fingerprint density at radius 1 is 1.35 bits per heavy atom.